The molecule has 1 heterocycles. The average Bonchev–Trinajstić information content (AvgIpc) is 2.90. The van der Waals surface area contributed by atoms with E-state index in [4.69, 9.17) is 14.2 Å². The number of aromatic hydroxyl groups is 2. The first-order valence-electron chi connectivity index (χ1n) is 11.9. The van der Waals surface area contributed by atoms with Crippen LogP contribution in [0, 0.1) is 0 Å². The summed E-state index contributed by atoms with van der Waals surface area (Å²) in [6, 6.07) is 4.37. The van der Waals surface area contributed by atoms with Gasteiger partial charge < -0.3 is 39.7 Å². The van der Waals surface area contributed by atoms with Crippen molar-refractivity contribution in [2.75, 3.05) is 13.7 Å². The van der Waals surface area contributed by atoms with Gasteiger partial charge in [0, 0.05) is 29.5 Å². The van der Waals surface area contributed by atoms with Crippen LogP contribution in [0.5, 0.6) is 17.2 Å². The van der Waals surface area contributed by atoms with Gasteiger partial charge in [-0.05, 0) is 19.1 Å². The molecule has 0 amide bonds. The van der Waals surface area contributed by atoms with Crippen LogP contribution in [0.3, 0.4) is 0 Å². The molecule has 2 aromatic rings. The van der Waals surface area contributed by atoms with Crippen molar-refractivity contribution in [1.29, 1.82) is 0 Å². The maximum Gasteiger partial charge on any atom is 0.202 e. The molecule has 3 aliphatic rings. The summed E-state index contributed by atoms with van der Waals surface area (Å²) in [6.45, 7) is 0.587. The topological polar surface area (TPSA) is 180 Å². The zero-order chi connectivity index (χ0) is 27.5. The van der Waals surface area contributed by atoms with Gasteiger partial charge in [-0.1, -0.05) is 18.2 Å². The van der Waals surface area contributed by atoms with E-state index in [9.17, 15) is 39.9 Å². The second-order valence-corrected chi connectivity index (χ2v) is 9.58. The highest BCUT2D eigenvalue weighted by atomic mass is 16.7. The highest BCUT2D eigenvalue weighted by Crippen LogP contribution is 2.52. The molecule has 5 atom stereocenters. The van der Waals surface area contributed by atoms with Gasteiger partial charge in [0.15, 0.2) is 17.9 Å². The van der Waals surface area contributed by atoms with E-state index in [0.717, 1.165) is 0 Å². The summed E-state index contributed by atoms with van der Waals surface area (Å²) in [7, 11) is 1.32. The fourth-order valence-corrected chi connectivity index (χ4v) is 5.33. The molecule has 0 aromatic heterocycles. The van der Waals surface area contributed by atoms with Gasteiger partial charge in [-0.15, -0.1) is 0 Å². The molecule has 0 bridgehead atoms. The molecule has 2 aromatic carbocycles. The molecule has 11 heteroatoms. The summed E-state index contributed by atoms with van der Waals surface area (Å²) in [4.78, 5) is 39.6. The molecule has 0 saturated heterocycles. The summed E-state index contributed by atoms with van der Waals surface area (Å²) < 4.78 is 16.8. The van der Waals surface area contributed by atoms with Crippen LogP contribution in [0.25, 0.3) is 0 Å². The third-order valence-corrected chi connectivity index (χ3v) is 7.33. The zero-order valence-electron chi connectivity index (χ0n) is 20.5. The van der Waals surface area contributed by atoms with Gasteiger partial charge in [-0.2, -0.15) is 0 Å². The maximum atomic E-state index is 13.6. The number of ether oxygens (including phenoxy) is 3. The number of methoxy groups -OCH3 is 1. The van der Waals surface area contributed by atoms with Crippen LogP contribution in [-0.4, -0.2) is 80.7 Å². The predicted octanol–water partition coefficient (Wildman–Crippen LogP) is 0.840. The summed E-state index contributed by atoms with van der Waals surface area (Å²) in [5.41, 5.74) is -3.57. The molecule has 5 unspecified atom stereocenters. The Morgan fingerprint density at radius 2 is 1.82 bits per heavy atom. The smallest absolute Gasteiger partial charge is 0.202 e. The van der Waals surface area contributed by atoms with E-state index >= 15 is 0 Å². The Kier molecular flexibility index (Phi) is 6.36. The number of Topliss-reactive ketones (excluding diaryl/α,β-unsaturated/α-hetero) is 1. The van der Waals surface area contributed by atoms with Crippen molar-refractivity contribution in [3.63, 3.8) is 0 Å². The van der Waals surface area contributed by atoms with Crippen molar-refractivity contribution < 1.29 is 54.1 Å². The molecule has 1 aliphatic heterocycles. The highest BCUT2D eigenvalue weighted by Gasteiger charge is 2.49. The third-order valence-electron chi connectivity index (χ3n) is 7.33. The minimum Gasteiger partial charge on any atom is -0.507 e. The molecule has 0 spiro atoms. The van der Waals surface area contributed by atoms with E-state index in [0.29, 0.717) is 0 Å². The number of ketones is 3. The fraction of sp³-hybridized carbons (Fsp3) is 0.370. The van der Waals surface area contributed by atoms with E-state index in [-0.39, 0.29) is 28.0 Å². The van der Waals surface area contributed by atoms with Crippen molar-refractivity contribution in [2.45, 2.75) is 50.0 Å². The van der Waals surface area contributed by atoms with E-state index in [1.165, 1.54) is 37.5 Å². The van der Waals surface area contributed by atoms with Crippen LogP contribution in [0.4, 0.5) is 0 Å². The number of benzene rings is 2. The van der Waals surface area contributed by atoms with Gasteiger partial charge in [0.2, 0.25) is 5.78 Å². The molecule has 2 aliphatic carbocycles. The standard InChI is InChI=1S/C27H26O11/c1-11-14(29)6-7-18(37-11)38-16-9-27(35,17(30)10-28)8-13-20(16)26(34)22-21(24(13)32)23(31)12-4-3-5-15(36-2)19(12)25(22)33/h3-7,11,14,16,18,28-29,32,34-35H,8-10H2,1-2H3. The van der Waals surface area contributed by atoms with E-state index in [1.807, 2.05) is 0 Å². The van der Waals surface area contributed by atoms with E-state index in [2.05, 4.69) is 0 Å². The van der Waals surface area contributed by atoms with Crippen molar-refractivity contribution >= 4 is 17.3 Å². The lowest BCUT2D eigenvalue weighted by atomic mass is 9.72. The van der Waals surface area contributed by atoms with Crippen molar-refractivity contribution in [2.24, 2.45) is 0 Å². The Hall–Kier alpha value is -3.61. The number of phenolic OH excluding ortho intramolecular Hbond substituents is 2. The number of carbonyl (C=O) groups is 3. The molecule has 5 rings (SSSR count). The lowest BCUT2D eigenvalue weighted by molar-refractivity contribution is -0.200. The molecule has 0 radical (unpaired) electrons. The first-order chi connectivity index (χ1) is 18.0. The number of fused-ring (bicyclic) bond motifs is 3. The number of aliphatic hydroxyl groups is 3. The minimum absolute atomic E-state index is 0.0462. The number of hydrogen-bond donors (Lipinski definition) is 5. The normalized spacial score (nSPS) is 27.9. The van der Waals surface area contributed by atoms with Gasteiger partial charge in [-0.25, -0.2) is 0 Å². The molecule has 5 N–H and O–H groups in total. The van der Waals surface area contributed by atoms with Crippen LogP contribution in [0.15, 0.2) is 30.4 Å². The molecular formula is C27H26O11. The number of phenols is 2. The number of hydrogen-bond acceptors (Lipinski definition) is 11. The summed E-state index contributed by atoms with van der Waals surface area (Å²) in [6.07, 6.45) is -2.16. The summed E-state index contributed by atoms with van der Waals surface area (Å²) >= 11 is 0. The number of aliphatic hydroxyl groups excluding tert-OH is 2. The summed E-state index contributed by atoms with van der Waals surface area (Å²) in [5, 5.41) is 53.3. The quantitative estimate of drug-likeness (QED) is 0.235. The Balaban J connectivity index is 1.71. The number of carbonyl (C=O) groups excluding carboxylic acids is 3. The molecule has 11 nitrogen and oxygen atoms in total. The van der Waals surface area contributed by atoms with Gasteiger partial charge in [0.1, 0.15) is 29.5 Å². The van der Waals surface area contributed by atoms with Crippen LogP contribution >= 0.6 is 0 Å². The SMILES string of the molecule is COc1cccc2c1C(=O)c1c(O)c3c(c(O)c1C2=O)CC(O)(C(=O)CO)CC3OC1C=CC(O)C(C)O1. The lowest BCUT2D eigenvalue weighted by Gasteiger charge is -2.40. The van der Waals surface area contributed by atoms with Crippen LogP contribution in [0.2, 0.25) is 0 Å². The number of rotatable bonds is 5. The Labute approximate surface area is 216 Å². The van der Waals surface area contributed by atoms with E-state index in [1.54, 1.807) is 6.92 Å². The van der Waals surface area contributed by atoms with Crippen LogP contribution in [0.1, 0.15) is 62.4 Å². The molecular weight excluding hydrogens is 500 g/mol. The van der Waals surface area contributed by atoms with Crippen LogP contribution in [-0.2, 0) is 20.7 Å². The fourth-order valence-electron chi connectivity index (χ4n) is 5.33. The first-order valence-corrected chi connectivity index (χ1v) is 11.9. The third kappa shape index (κ3) is 3.82. The molecule has 0 fully saturated rings. The predicted molar refractivity (Wildman–Crippen MR) is 128 cm³/mol. The Morgan fingerprint density at radius 3 is 2.47 bits per heavy atom. The lowest BCUT2D eigenvalue weighted by Crippen LogP contribution is -2.48. The first kappa shape index (κ1) is 26.0. The largest absolute Gasteiger partial charge is 0.507 e. The van der Waals surface area contributed by atoms with Gasteiger partial charge in [-0.3, -0.25) is 14.4 Å². The zero-order valence-corrected chi connectivity index (χ0v) is 20.5. The molecule has 200 valence electrons. The maximum absolute atomic E-state index is 13.6. The monoisotopic (exact) mass is 526 g/mol. The molecule has 38 heavy (non-hydrogen) atoms. The van der Waals surface area contributed by atoms with Gasteiger partial charge >= 0.3 is 0 Å². The second-order valence-electron chi connectivity index (χ2n) is 9.58. The minimum atomic E-state index is -2.23. The molecule has 0 saturated carbocycles. The van der Waals surface area contributed by atoms with Crippen LogP contribution < -0.4 is 4.74 Å². The Bertz CT molecular complexity index is 1390. The van der Waals surface area contributed by atoms with E-state index < -0.39 is 89.6 Å². The van der Waals surface area contributed by atoms with Crippen molar-refractivity contribution in [1.82, 2.24) is 0 Å². The Morgan fingerprint density at radius 1 is 1.11 bits per heavy atom. The summed E-state index contributed by atoms with van der Waals surface area (Å²) in [5.74, 6) is -3.73. The van der Waals surface area contributed by atoms with Gasteiger partial charge in [0.05, 0.1) is 42.1 Å². The highest BCUT2D eigenvalue weighted by molar-refractivity contribution is 6.31. The van der Waals surface area contributed by atoms with Gasteiger partial charge in [0.25, 0.3) is 0 Å². The second kappa shape index (κ2) is 9.29. The average molecular weight is 526 g/mol. The van der Waals surface area contributed by atoms with Crippen molar-refractivity contribution in [3.05, 3.63) is 63.7 Å². The van der Waals surface area contributed by atoms with Crippen molar-refractivity contribution in [3.8, 4) is 17.2 Å².